The third-order valence-corrected chi connectivity index (χ3v) is 6.38. The summed E-state index contributed by atoms with van der Waals surface area (Å²) in [6.45, 7) is 6.06. The van der Waals surface area contributed by atoms with E-state index in [4.69, 9.17) is 18.9 Å². The van der Waals surface area contributed by atoms with Crippen LogP contribution in [0.1, 0.15) is 17.4 Å². The Bertz CT molecular complexity index is 1040. The first-order chi connectivity index (χ1) is 14.1. The second-order valence-electron chi connectivity index (χ2n) is 7.81. The van der Waals surface area contributed by atoms with Gasteiger partial charge in [0, 0.05) is 12.6 Å². The van der Waals surface area contributed by atoms with Crippen molar-refractivity contribution in [3.05, 3.63) is 33.1 Å². The molecule has 2 aromatic heterocycles. The maximum absolute atomic E-state index is 12.5. The van der Waals surface area contributed by atoms with E-state index in [2.05, 4.69) is 29.8 Å². The van der Waals surface area contributed by atoms with Crippen LogP contribution >= 0.6 is 11.3 Å². The third-order valence-electron chi connectivity index (χ3n) is 5.26. The lowest BCUT2D eigenvalue weighted by molar-refractivity contribution is -0.102. The van der Waals surface area contributed by atoms with Crippen LogP contribution in [0.5, 0.6) is 5.88 Å². The van der Waals surface area contributed by atoms with Crippen molar-refractivity contribution in [2.45, 2.75) is 26.0 Å². The van der Waals surface area contributed by atoms with Gasteiger partial charge in [-0.1, -0.05) is 11.8 Å². The first-order valence-corrected chi connectivity index (χ1v) is 10.6. The lowest BCUT2D eigenvalue weighted by atomic mass is 9.90. The molecule has 2 fully saturated rings. The molecule has 8 heteroatoms. The molecule has 0 aliphatic carbocycles. The molecule has 2 saturated heterocycles. The second-order valence-corrected chi connectivity index (χ2v) is 8.86. The summed E-state index contributed by atoms with van der Waals surface area (Å²) in [5.74, 6) is 6.95. The summed E-state index contributed by atoms with van der Waals surface area (Å²) >= 11 is 1.61. The zero-order chi connectivity index (χ0) is 19.8. The summed E-state index contributed by atoms with van der Waals surface area (Å²) in [5, 5.41) is 0. The van der Waals surface area contributed by atoms with Gasteiger partial charge in [-0.3, -0.25) is 4.57 Å². The summed E-state index contributed by atoms with van der Waals surface area (Å²) in [5.41, 5.74) is 1.73. The fraction of sp³-hybridized carbons (Fsp3) is 0.524. The van der Waals surface area contributed by atoms with Gasteiger partial charge in [-0.15, -0.1) is 11.3 Å². The van der Waals surface area contributed by atoms with E-state index in [1.165, 1.54) is 5.56 Å². The maximum Gasteiger partial charge on any atom is 0.351 e. The number of hydrogen-bond acceptors (Lipinski definition) is 7. The van der Waals surface area contributed by atoms with Gasteiger partial charge in [0.25, 0.3) is 0 Å². The zero-order valence-corrected chi connectivity index (χ0v) is 17.0. The number of hydrogen-bond donors (Lipinski definition) is 0. The van der Waals surface area contributed by atoms with Crippen LogP contribution in [0.2, 0.25) is 0 Å². The Hall–Kier alpha value is -2.18. The van der Waals surface area contributed by atoms with E-state index in [0.29, 0.717) is 52.1 Å². The summed E-state index contributed by atoms with van der Waals surface area (Å²) in [6, 6.07) is 3.98. The second kappa shape index (κ2) is 7.58. The van der Waals surface area contributed by atoms with Gasteiger partial charge in [0.2, 0.25) is 5.88 Å². The van der Waals surface area contributed by atoms with Crippen LogP contribution in [-0.2, 0) is 27.2 Å². The van der Waals surface area contributed by atoms with Gasteiger partial charge in [0.1, 0.15) is 12.7 Å². The molecule has 0 N–H and O–H groups in total. The first kappa shape index (κ1) is 18.8. The molecule has 0 radical (unpaired) electrons. The van der Waals surface area contributed by atoms with Gasteiger partial charge in [0.05, 0.1) is 53.9 Å². The van der Waals surface area contributed by atoms with E-state index in [-0.39, 0.29) is 17.2 Å². The number of thiophene rings is 1. The van der Waals surface area contributed by atoms with Crippen LogP contribution in [0.25, 0.3) is 10.6 Å². The van der Waals surface area contributed by atoms with Crippen molar-refractivity contribution in [1.82, 2.24) is 9.55 Å². The quantitative estimate of drug-likeness (QED) is 0.712. The molecule has 2 aromatic rings. The molecule has 0 aromatic carbocycles. The van der Waals surface area contributed by atoms with Crippen molar-refractivity contribution in [1.29, 1.82) is 0 Å². The number of rotatable bonds is 3. The number of nitrogens with zero attached hydrogens (tertiary/aromatic N) is 2. The molecule has 0 unspecified atom stereocenters. The summed E-state index contributed by atoms with van der Waals surface area (Å²) in [7, 11) is 0. The highest BCUT2D eigenvalue weighted by Crippen LogP contribution is 2.37. The molecule has 29 heavy (non-hydrogen) atoms. The van der Waals surface area contributed by atoms with Crippen LogP contribution in [0.4, 0.5) is 0 Å². The van der Waals surface area contributed by atoms with Crippen molar-refractivity contribution in [3.8, 4) is 28.3 Å². The minimum absolute atomic E-state index is 0.0465. The molecule has 3 aliphatic heterocycles. The van der Waals surface area contributed by atoms with Crippen molar-refractivity contribution < 1.29 is 18.9 Å². The molecule has 0 saturated carbocycles. The Kier molecular flexibility index (Phi) is 4.92. The van der Waals surface area contributed by atoms with Gasteiger partial charge >= 0.3 is 5.69 Å². The lowest BCUT2D eigenvalue weighted by Gasteiger charge is -2.32. The van der Waals surface area contributed by atoms with Crippen molar-refractivity contribution in [3.63, 3.8) is 0 Å². The Morgan fingerprint density at radius 3 is 3.00 bits per heavy atom. The van der Waals surface area contributed by atoms with Gasteiger partial charge in [-0.2, -0.15) is 4.98 Å². The number of aromatic nitrogens is 2. The Morgan fingerprint density at radius 2 is 2.24 bits per heavy atom. The molecule has 3 aliphatic rings. The average Bonchev–Trinajstić information content (AvgIpc) is 3.14. The standard InChI is InChI=1S/C21H22N2O5S/c1-21(12-26-13-21)4-2-16-8-14-3-5-23-17(19(14)29-16)9-18(22-20(23)24)28-11-15-10-25-6-7-27-15/h8-9,15H,3,5-7,10-13H2,1H3/t15-/m0/s1. The molecule has 7 nitrogen and oxygen atoms in total. The van der Waals surface area contributed by atoms with Gasteiger partial charge < -0.3 is 18.9 Å². The van der Waals surface area contributed by atoms with E-state index in [0.717, 1.165) is 21.9 Å². The third kappa shape index (κ3) is 3.83. The summed E-state index contributed by atoms with van der Waals surface area (Å²) in [6.07, 6.45) is 0.663. The Balaban J connectivity index is 1.40. The number of fused-ring (bicyclic) bond motifs is 3. The van der Waals surface area contributed by atoms with E-state index in [1.807, 2.05) is 6.07 Å². The van der Waals surface area contributed by atoms with Crippen LogP contribution in [0.3, 0.4) is 0 Å². The largest absolute Gasteiger partial charge is 0.475 e. The molecule has 5 heterocycles. The fourth-order valence-electron chi connectivity index (χ4n) is 3.59. The molecule has 152 valence electrons. The van der Waals surface area contributed by atoms with E-state index in [1.54, 1.807) is 15.9 Å². The summed E-state index contributed by atoms with van der Waals surface area (Å²) in [4.78, 5) is 18.7. The SMILES string of the molecule is CC1(C#Cc2cc3c(s2)-c2cc(OC[C@@H]4COCCO4)nc(=O)n2CC3)COC1. The highest BCUT2D eigenvalue weighted by atomic mass is 32.1. The van der Waals surface area contributed by atoms with Gasteiger partial charge in [0.15, 0.2) is 0 Å². The Labute approximate surface area is 172 Å². The normalized spacial score (nSPS) is 21.9. The zero-order valence-electron chi connectivity index (χ0n) is 16.2. The molecule has 5 rings (SSSR count). The predicted octanol–water partition coefficient (Wildman–Crippen LogP) is 1.71. The molecule has 0 spiro atoms. The lowest BCUT2D eigenvalue weighted by Crippen LogP contribution is -2.38. The van der Waals surface area contributed by atoms with E-state index < -0.39 is 0 Å². The number of ether oxygens (including phenoxy) is 4. The molecule has 0 amide bonds. The minimum Gasteiger partial charge on any atom is -0.475 e. The van der Waals surface area contributed by atoms with E-state index in [9.17, 15) is 4.79 Å². The smallest absolute Gasteiger partial charge is 0.351 e. The molecular weight excluding hydrogens is 392 g/mol. The topological polar surface area (TPSA) is 71.8 Å². The molecular formula is C21H22N2O5S. The fourth-order valence-corrected chi connectivity index (χ4v) is 4.68. The van der Waals surface area contributed by atoms with Gasteiger partial charge in [-0.05, 0) is 25.0 Å². The van der Waals surface area contributed by atoms with Crippen LogP contribution in [0, 0.1) is 17.3 Å². The summed E-state index contributed by atoms with van der Waals surface area (Å²) < 4.78 is 23.7. The monoisotopic (exact) mass is 414 g/mol. The van der Waals surface area contributed by atoms with Crippen molar-refractivity contribution in [2.24, 2.45) is 5.41 Å². The highest BCUT2D eigenvalue weighted by Gasteiger charge is 2.31. The molecule has 0 bridgehead atoms. The van der Waals surface area contributed by atoms with Crippen LogP contribution in [-0.4, -0.2) is 55.3 Å². The Morgan fingerprint density at radius 1 is 1.34 bits per heavy atom. The van der Waals surface area contributed by atoms with Crippen molar-refractivity contribution in [2.75, 3.05) is 39.6 Å². The van der Waals surface area contributed by atoms with Gasteiger partial charge in [-0.25, -0.2) is 4.79 Å². The average molecular weight is 414 g/mol. The van der Waals surface area contributed by atoms with Crippen LogP contribution < -0.4 is 10.4 Å². The number of aryl methyl sites for hydroxylation is 1. The highest BCUT2D eigenvalue weighted by molar-refractivity contribution is 7.16. The van der Waals surface area contributed by atoms with Crippen molar-refractivity contribution >= 4 is 11.3 Å². The van der Waals surface area contributed by atoms with E-state index >= 15 is 0 Å². The predicted molar refractivity (Wildman–Crippen MR) is 107 cm³/mol. The maximum atomic E-state index is 12.5. The first-order valence-electron chi connectivity index (χ1n) is 9.78. The van der Waals surface area contributed by atoms with Crippen LogP contribution in [0.15, 0.2) is 16.9 Å². The molecule has 1 atom stereocenters. The minimum atomic E-state index is -0.288.